The highest BCUT2D eigenvalue weighted by atomic mass is 32.2. The largest absolute Gasteiger partial charge is 0.356 e. The van der Waals surface area contributed by atoms with Crippen molar-refractivity contribution in [1.29, 1.82) is 0 Å². The zero-order chi connectivity index (χ0) is 19.6. The Morgan fingerprint density at radius 3 is 2.74 bits per heavy atom. The summed E-state index contributed by atoms with van der Waals surface area (Å²) >= 11 is 1.77. The number of rotatable bonds is 9. The lowest BCUT2D eigenvalue weighted by atomic mass is 10.3. The minimum Gasteiger partial charge on any atom is -0.356 e. The molecule has 0 fully saturated rings. The van der Waals surface area contributed by atoms with E-state index in [0.717, 1.165) is 43.1 Å². The first-order chi connectivity index (χ1) is 13.0. The van der Waals surface area contributed by atoms with E-state index in [1.807, 2.05) is 25.1 Å². The Hall–Kier alpha value is -2.22. The van der Waals surface area contributed by atoms with E-state index in [4.69, 9.17) is 0 Å². The Morgan fingerprint density at radius 1 is 1.26 bits per heavy atom. The molecule has 1 aromatic carbocycles. The van der Waals surface area contributed by atoms with Gasteiger partial charge in [0.2, 0.25) is 5.91 Å². The number of thioether (sulfide) groups is 1. The van der Waals surface area contributed by atoms with Crippen molar-refractivity contribution in [3.8, 4) is 0 Å². The Balaban J connectivity index is 1.88. The van der Waals surface area contributed by atoms with Crippen LogP contribution in [0.2, 0.25) is 0 Å². The van der Waals surface area contributed by atoms with Crippen LogP contribution >= 0.6 is 11.8 Å². The van der Waals surface area contributed by atoms with Gasteiger partial charge in [-0.15, -0.1) is 0 Å². The average Bonchev–Trinajstić information content (AvgIpc) is 2.97. The average molecular weight is 391 g/mol. The molecule has 0 aliphatic carbocycles. The highest BCUT2D eigenvalue weighted by Gasteiger charge is 2.07. The van der Waals surface area contributed by atoms with Gasteiger partial charge >= 0.3 is 0 Å². The third-order valence-electron chi connectivity index (χ3n) is 4.17. The van der Waals surface area contributed by atoms with Gasteiger partial charge in [-0.1, -0.05) is 12.1 Å². The number of para-hydroxylation sites is 2. The maximum atomic E-state index is 11.8. The third-order valence-corrected chi connectivity index (χ3v) is 4.78. The molecular weight excluding hydrogens is 360 g/mol. The molecule has 8 heteroatoms. The molecule has 148 valence electrons. The van der Waals surface area contributed by atoms with Crippen LogP contribution in [0.4, 0.5) is 0 Å². The SMILES string of the molecule is CSCCNC(=NCC(=O)N(C)C)NCCCn1c(C)nc2ccccc21. The van der Waals surface area contributed by atoms with E-state index >= 15 is 0 Å². The van der Waals surface area contributed by atoms with Gasteiger partial charge in [-0.05, 0) is 31.7 Å². The van der Waals surface area contributed by atoms with Crippen molar-refractivity contribution in [2.24, 2.45) is 4.99 Å². The third kappa shape index (κ3) is 6.46. The number of hydrogen-bond donors (Lipinski definition) is 2. The molecule has 2 aromatic rings. The molecule has 0 radical (unpaired) electrons. The number of likely N-dealkylation sites (N-methyl/N-ethyl adjacent to an activating group) is 1. The summed E-state index contributed by atoms with van der Waals surface area (Å²) in [5.74, 6) is 2.69. The summed E-state index contributed by atoms with van der Waals surface area (Å²) in [6.45, 7) is 4.65. The number of aliphatic imine (C=N–C) groups is 1. The van der Waals surface area contributed by atoms with Crippen molar-refractivity contribution in [3.05, 3.63) is 30.1 Å². The van der Waals surface area contributed by atoms with E-state index in [2.05, 4.69) is 37.5 Å². The quantitative estimate of drug-likeness (QED) is 0.387. The number of aromatic nitrogens is 2. The molecule has 0 bridgehead atoms. The van der Waals surface area contributed by atoms with Crippen LogP contribution in [0.3, 0.4) is 0 Å². The number of fused-ring (bicyclic) bond motifs is 1. The summed E-state index contributed by atoms with van der Waals surface area (Å²) in [5, 5.41) is 6.61. The van der Waals surface area contributed by atoms with Crippen LogP contribution in [0.15, 0.2) is 29.3 Å². The van der Waals surface area contributed by atoms with Crippen molar-refractivity contribution in [2.75, 3.05) is 45.7 Å². The van der Waals surface area contributed by atoms with Gasteiger partial charge in [-0.2, -0.15) is 11.8 Å². The second-order valence-electron chi connectivity index (χ2n) is 6.45. The van der Waals surface area contributed by atoms with Gasteiger partial charge < -0.3 is 20.1 Å². The molecule has 0 unspecified atom stereocenters. The smallest absolute Gasteiger partial charge is 0.243 e. The van der Waals surface area contributed by atoms with Gasteiger partial charge in [0.1, 0.15) is 12.4 Å². The van der Waals surface area contributed by atoms with Gasteiger partial charge in [-0.3, -0.25) is 4.79 Å². The lowest BCUT2D eigenvalue weighted by Crippen LogP contribution is -2.40. The van der Waals surface area contributed by atoms with Gasteiger partial charge in [0.15, 0.2) is 5.96 Å². The minimum absolute atomic E-state index is 0.0125. The zero-order valence-electron chi connectivity index (χ0n) is 16.7. The van der Waals surface area contributed by atoms with Gasteiger partial charge in [0.25, 0.3) is 0 Å². The van der Waals surface area contributed by atoms with Crippen LogP contribution in [-0.2, 0) is 11.3 Å². The molecule has 1 amide bonds. The molecule has 7 nitrogen and oxygen atoms in total. The Labute approximate surface area is 165 Å². The molecule has 0 saturated heterocycles. The van der Waals surface area contributed by atoms with Crippen molar-refractivity contribution in [2.45, 2.75) is 19.9 Å². The fourth-order valence-electron chi connectivity index (χ4n) is 2.66. The maximum Gasteiger partial charge on any atom is 0.243 e. The number of guanidine groups is 1. The summed E-state index contributed by atoms with van der Waals surface area (Å²) in [5.41, 5.74) is 2.20. The number of carbonyl (C=O) groups excluding carboxylic acids is 1. The number of carbonyl (C=O) groups is 1. The van der Waals surface area contributed by atoms with Crippen LogP contribution in [-0.4, -0.2) is 72.1 Å². The highest BCUT2D eigenvalue weighted by molar-refractivity contribution is 7.98. The van der Waals surface area contributed by atoms with E-state index in [0.29, 0.717) is 5.96 Å². The summed E-state index contributed by atoms with van der Waals surface area (Å²) in [4.78, 5) is 22.3. The van der Waals surface area contributed by atoms with Gasteiger partial charge in [0, 0.05) is 39.5 Å². The number of benzene rings is 1. The Morgan fingerprint density at radius 2 is 2.00 bits per heavy atom. The normalized spacial score (nSPS) is 11.6. The number of nitrogens with zero attached hydrogens (tertiary/aromatic N) is 4. The standard InChI is InChI=1S/C19H30N6OS/c1-15-23-16-8-5-6-9-17(16)25(15)12-7-10-20-19(21-11-13-27-4)22-14-18(26)24(2)3/h5-6,8-9H,7,10-14H2,1-4H3,(H2,20,21,22). The molecule has 0 saturated carbocycles. The van der Waals surface area contributed by atoms with Gasteiger partial charge in [0.05, 0.1) is 11.0 Å². The molecule has 0 aliphatic heterocycles. The monoisotopic (exact) mass is 390 g/mol. The van der Waals surface area contributed by atoms with Gasteiger partial charge in [-0.25, -0.2) is 9.98 Å². The molecule has 2 rings (SSSR count). The molecule has 0 spiro atoms. The van der Waals surface area contributed by atoms with E-state index in [-0.39, 0.29) is 12.5 Å². The molecule has 1 aromatic heterocycles. The summed E-state index contributed by atoms with van der Waals surface area (Å²) in [6.07, 6.45) is 3.01. The lowest BCUT2D eigenvalue weighted by molar-refractivity contribution is -0.127. The first-order valence-corrected chi connectivity index (χ1v) is 10.6. The minimum atomic E-state index is -0.0125. The van der Waals surface area contributed by atoms with E-state index in [9.17, 15) is 4.79 Å². The Bertz CT molecular complexity index is 771. The fourth-order valence-corrected chi connectivity index (χ4v) is 2.96. The van der Waals surface area contributed by atoms with Crippen molar-refractivity contribution in [1.82, 2.24) is 25.1 Å². The molecule has 0 aliphatic rings. The van der Waals surface area contributed by atoms with Crippen molar-refractivity contribution < 1.29 is 4.79 Å². The topological polar surface area (TPSA) is 74.6 Å². The second kappa shape index (κ2) is 10.8. The molecule has 27 heavy (non-hydrogen) atoms. The van der Waals surface area contributed by atoms with Crippen LogP contribution in [0.5, 0.6) is 0 Å². The summed E-state index contributed by atoms with van der Waals surface area (Å²) in [6, 6.07) is 8.20. The molecule has 0 atom stereocenters. The number of hydrogen-bond acceptors (Lipinski definition) is 4. The molecule has 2 N–H and O–H groups in total. The predicted octanol–water partition coefficient (Wildman–Crippen LogP) is 1.72. The molecule has 1 heterocycles. The van der Waals surface area contributed by atoms with Crippen LogP contribution in [0.1, 0.15) is 12.2 Å². The van der Waals surface area contributed by atoms with Crippen molar-refractivity contribution in [3.63, 3.8) is 0 Å². The maximum absolute atomic E-state index is 11.8. The summed E-state index contributed by atoms with van der Waals surface area (Å²) in [7, 11) is 3.48. The number of aryl methyl sites for hydroxylation is 2. The van der Waals surface area contributed by atoms with Crippen LogP contribution in [0.25, 0.3) is 11.0 Å². The molecular formula is C19H30N6OS. The van der Waals surface area contributed by atoms with E-state index < -0.39 is 0 Å². The second-order valence-corrected chi connectivity index (χ2v) is 7.44. The predicted molar refractivity (Wildman–Crippen MR) is 114 cm³/mol. The Kier molecular flexibility index (Phi) is 8.44. The van der Waals surface area contributed by atoms with Crippen LogP contribution < -0.4 is 10.6 Å². The number of nitrogens with one attached hydrogen (secondary N) is 2. The van der Waals surface area contributed by atoms with E-state index in [1.165, 1.54) is 5.52 Å². The fraction of sp³-hybridized carbons (Fsp3) is 0.526. The highest BCUT2D eigenvalue weighted by Crippen LogP contribution is 2.15. The number of imidazole rings is 1. The zero-order valence-corrected chi connectivity index (χ0v) is 17.5. The van der Waals surface area contributed by atoms with Crippen molar-refractivity contribution >= 4 is 34.7 Å². The number of amides is 1. The first kappa shape index (κ1) is 21.1. The summed E-state index contributed by atoms with van der Waals surface area (Å²) < 4.78 is 2.24. The lowest BCUT2D eigenvalue weighted by Gasteiger charge is -2.14. The van der Waals surface area contributed by atoms with E-state index in [1.54, 1.807) is 30.8 Å². The first-order valence-electron chi connectivity index (χ1n) is 9.16. The van der Waals surface area contributed by atoms with Crippen LogP contribution in [0, 0.1) is 6.92 Å².